The van der Waals surface area contributed by atoms with E-state index in [9.17, 15) is 27.6 Å². The Bertz CT molecular complexity index is 2110. The van der Waals surface area contributed by atoms with Crippen LogP contribution >= 0.6 is 0 Å². The van der Waals surface area contributed by atoms with Gasteiger partial charge < -0.3 is 25.0 Å². The third-order valence-corrected chi connectivity index (χ3v) is 13.4. The number of pyridine rings is 1. The number of rotatable bonds is 10. The van der Waals surface area contributed by atoms with Crippen LogP contribution in [0.4, 0.5) is 4.79 Å². The Hall–Kier alpha value is -4.98. The second-order valence-electron chi connectivity index (χ2n) is 15.9. The van der Waals surface area contributed by atoms with Crippen molar-refractivity contribution in [2.75, 3.05) is 13.2 Å². The highest BCUT2D eigenvalue weighted by Gasteiger charge is 2.62. The summed E-state index contributed by atoms with van der Waals surface area (Å²) in [5.74, 6) is -1.86. The summed E-state index contributed by atoms with van der Waals surface area (Å²) in [5.41, 5.74) is 1.97. The van der Waals surface area contributed by atoms with Gasteiger partial charge in [0.1, 0.15) is 29.5 Å². The van der Waals surface area contributed by atoms with E-state index in [1.54, 1.807) is 0 Å². The molecule has 7 rings (SSSR count). The third-order valence-electron chi connectivity index (χ3n) is 11.6. The first-order chi connectivity index (χ1) is 27.5. The summed E-state index contributed by atoms with van der Waals surface area (Å²) < 4.78 is 40.1. The van der Waals surface area contributed by atoms with Gasteiger partial charge >= 0.3 is 6.09 Å². The zero-order valence-electron chi connectivity index (χ0n) is 32.5. The van der Waals surface area contributed by atoms with Crippen molar-refractivity contribution in [3.63, 3.8) is 0 Å². The molecule has 1 aromatic heterocycles. The Kier molecular flexibility index (Phi) is 12.2. The van der Waals surface area contributed by atoms with Crippen LogP contribution in [0.3, 0.4) is 0 Å². The van der Waals surface area contributed by atoms with E-state index in [4.69, 9.17) is 14.5 Å². The number of carbonyl (C=O) groups is 4. The Balaban J connectivity index is 1.23. The monoisotopic (exact) mass is 799 g/mol. The average Bonchev–Trinajstić information content (AvgIpc) is 4.14. The summed E-state index contributed by atoms with van der Waals surface area (Å²) in [7, 11) is -3.90. The fourth-order valence-corrected chi connectivity index (χ4v) is 9.37. The molecule has 304 valence electrons. The lowest BCUT2D eigenvalue weighted by atomic mass is 10.0. The number of amides is 4. The number of cyclic esters (lactones) is 1. The van der Waals surface area contributed by atoms with Gasteiger partial charge in [-0.05, 0) is 62.6 Å². The number of nitrogens with one attached hydrogen (secondary N) is 3. The molecule has 3 fully saturated rings. The minimum absolute atomic E-state index is 0.0145. The van der Waals surface area contributed by atoms with Crippen LogP contribution in [-0.2, 0) is 35.6 Å². The van der Waals surface area contributed by atoms with Gasteiger partial charge in [-0.25, -0.2) is 18.2 Å². The van der Waals surface area contributed by atoms with Gasteiger partial charge in [-0.15, -0.1) is 6.58 Å². The number of carbonyl (C=O) groups excluding carboxylic acids is 4. The Morgan fingerprint density at radius 1 is 1.05 bits per heavy atom. The van der Waals surface area contributed by atoms with Gasteiger partial charge in [-0.2, -0.15) is 0 Å². The average molecular weight is 800 g/mol. The Morgan fingerprint density at radius 2 is 1.82 bits per heavy atom. The Labute approximate surface area is 334 Å². The molecule has 2 saturated carbocycles. The van der Waals surface area contributed by atoms with Gasteiger partial charge in [0.2, 0.25) is 21.8 Å². The van der Waals surface area contributed by atoms with Crippen LogP contribution in [0.1, 0.15) is 89.5 Å². The van der Waals surface area contributed by atoms with Gasteiger partial charge in [0.15, 0.2) is 0 Å². The van der Waals surface area contributed by atoms with Crippen LogP contribution in [-0.4, -0.2) is 84.2 Å². The van der Waals surface area contributed by atoms with Gasteiger partial charge in [0, 0.05) is 29.4 Å². The molecule has 2 aliphatic heterocycles. The fourth-order valence-electron chi connectivity index (χ4n) is 8.00. The summed E-state index contributed by atoms with van der Waals surface area (Å²) in [6.45, 7) is 6.03. The predicted molar refractivity (Wildman–Crippen MR) is 216 cm³/mol. The highest BCUT2D eigenvalue weighted by molar-refractivity contribution is 7.91. The molecule has 13 nitrogen and oxygen atoms in total. The van der Waals surface area contributed by atoms with Crippen molar-refractivity contribution in [3.05, 3.63) is 72.8 Å². The van der Waals surface area contributed by atoms with E-state index in [1.165, 1.54) is 11.0 Å². The van der Waals surface area contributed by atoms with Crippen LogP contribution in [0.25, 0.3) is 22.2 Å². The molecule has 3 heterocycles. The maximum absolute atomic E-state index is 14.6. The number of hydrogen-bond donors (Lipinski definition) is 3. The van der Waals surface area contributed by atoms with Crippen molar-refractivity contribution in [1.82, 2.24) is 25.2 Å². The second-order valence-corrected chi connectivity index (χ2v) is 17.8. The van der Waals surface area contributed by atoms with E-state index >= 15 is 0 Å². The van der Waals surface area contributed by atoms with Crippen molar-refractivity contribution in [1.29, 1.82) is 0 Å². The molecular weight excluding hydrogens is 747 g/mol. The molecule has 3 aromatic rings. The lowest BCUT2D eigenvalue weighted by Gasteiger charge is -2.29. The summed E-state index contributed by atoms with van der Waals surface area (Å²) in [6.07, 6.45) is 8.54. The first kappa shape index (κ1) is 40.2. The molecule has 2 aromatic carbocycles. The predicted octanol–water partition coefficient (Wildman–Crippen LogP) is 5.71. The number of aromatic nitrogens is 1. The molecule has 2 aliphatic carbocycles. The summed E-state index contributed by atoms with van der Waals surface area (Å²) in [6, 6.07) is 15.8. The summed E-state index contributed by atoms with van der Waals surface area (Å²) in [5, 5.41) is 5.80. The third kappa shape index (κ3) is 9.27. The topological polar surface area (TPSA) is 173 Å². The molecule has 14 heteroatoms. The zero-order chi connectivity index (χ0) is 40.2. The van der Waals surface area contributed by atoms with Gasteiger partial charge in [0.25, 0.3) is 5.91 Å². The minimum Gasteiger partial charge on any atom is -0.488 e. The molecule has 5 atom stereocenters. The minimum atomic E-state index is -3.90. The molecule has 1 saturated heterocycles. The molecule has 4 aliphatic rings. The van der Waals surface area contributed by atoms with Crippen molar-refractivity contribution in [3.8, 4) is 17.0 Å². The number of hydrogen-bond acceptors (Lipinski definition) is 9. The van der Waals surface area contributed by atoms with E-state index in [2.05, 4.69) is 34.1 Å². The number of unbranched alkanes of at least 4 members (excludes halogenated alkanes) is 1. The molecule has 1 unspecified atom stereocenters. The van der Waals surface area contributed by atoms with Crippen LogP contribution in [0, 0.1) is 5.92 Å². The van der Waals surface area contributed by atoms with E-state index < -0.39 is 68.7 Å². The molecule has 0 spiro atoms. The number of benzene rings is 2. The largest absolute Gasteiger partial charge is 0.488 e. The van der Waals surface area contributed by atoms with Crippen molar-refractivity contribution in [2.24, 2.45) is 5.92 Å². The molecule has 4 bridgehead atoms. The van der Waals surface area contributed by atoms with Crippen LogP contribution < -0.4 is 20.1 Å². The number of nitrogens with zero attached hydrogens (tertiary/aromatic N) is 2. The van der Waals surface area contributed by atoms with Crippen molar-refractivity contribution in [2.45, 2.75) is 119 Å². The van der Waals surface area contributed by atoms with E-state index in [0.717, 1.165) is 60.6 Å². The van der Waals surface area contributed by atoms with Gasteiger partial charge in [0.05, 0.1) is 29.6 Å². The number of alkyl carbamates (subject to hydrolysis) is 1. The van der Waals surface area contributed by atoms with Crippen molar-refractivity contribution < 1.29 is 37.1 Å². The van der Waals surface area contributed by atoms with Gasteiger partial charge in [-0.3, -0.25) is 19.1 Å². The molecule has 3 N–H and O–H groups in total. The number of aryl methyl sites for hydroxylation is 1. The molecule has 4 amide bonds. The van der Waals surface area contributed by atoms with Crippen LogP contribution in [0.15, 0.2) is 67.3 Å². The fraction of sp³-hybridized carbons (Fsp3) is 0.512. The van der Waals surface area contributed by atoms with E-state index in [1.807, 2.05) is 49.4 Å². The molecular formula is C43H53N5O8S. The lowest BCUT2D eigenvalue weighted by Crippen LogP contribution is -2.58. The Morgan fingerprint density at radius 3 is 2.56 bits per heavy atom. The smallest absolute Gasteiger partial charge is 0.407 e. The van der Waals surface area contributed by atoms with Crippen molar-refractivity contribution >= 4 is 44.7 Å². The number of sulfonamides is 1. The molecule has 57 heavy (non-hydrogen) atoms. The van der Waals surface area contributed by atoms with Gasteiger partial charge in [-0.1, -0.05) is 81.5 Å². The first-order valence-corrected chi connectivity index (χ1v) is 22.0. The zero-order valence-corrected chi connectivity index (χ0v) is 33.4. The van der Waals surface area contributed by atoms with Crippen LogP contribution in [0.5, 0.6) is 5.75 Å². The number of fused-ring (bicyclic) bond motifs is 3. The van der Waals surface area contributed by atoms with Crippen LogP contribution in [0.2, 0.25) is 0 Å². The van der Waals surface area contributed by atoms with E-state index in [0.29, 0.717) is 43.5 Å². The maximum Gasteiger partial charge on any atom is 0.407 e. The first-order valence-electron chi connectivity index (χ1n) is 20.4. The highest BCUT2D eigenvalue weighted by atomic mass is 32.2. The molecule has 0 radical (unpaired) electrons. The lowest BCUT2D eigenvalue weighted by molar-refractivity contribution is -0.141. The highest BCUT2D eigenvalue weighted by Crippen LogP contribution is 2.45. The van der Waals surface area contributed by atoms with E-state index in [-0.39, 0.29) is 26.0 Å². The summed E-state index contributed by atoms with van der Waals surface area (Å²) >= 11 is 0. The standard InChI is InChI=1S/C43H53N5O8S/c1-3-5-17-35-40(50)48-27-31(24-37(48)39(49)46-43(26-30(43)4-2)41(51)47-57(53,54)32-19-20-32)56-38-25-36(29-15-11-9-12-16-29)44-34-21-18-28(23-33(34)38)14-10-7-6-8-13-22-55-42(52)45-35/h4,9,11-12,15-16,18,21,23,25,30-32,35,37H,2-3,5-8,10,13-14,17,19-20,22,24,26-27H2,1H3,(H,45,52)(H,46,49)(H,47,51)/t30-,31?,35-,37-,43+/m0/s1. The maximum atomic E-state index is 14.6. The normalized spacial score (nSPS) is 25.8. The summed E-state index contributed by atoms with van der Waals surface area (Å²) in [4.78, 5) is 62.1. The number of ether oxygens (including phenoxy) is 2. The second kappa shape index (κ2) is 17.3. The SMILES string of the molecule is C=C[C@H]1C[C@]1(NC(=O)[C@@H]1CC2CN1C(=O)[C@H](CCCC)NC(=O)OCCCCCCCc1ccc3nc(-c4ccccc4)cc(c3c1)O2)C(=O)NS(=O)(=O)C1CC1. The quantitative estimate of drug-likeness (QED) is 0.217.